The van der Waals surface area contributed by atoms with E-state index in [0.29, 0.717) is 0 Å². The van der Waals surface area contributed by atoms with Gasteiger partial charge in [0.25, 0.3) is 0 Å². The van der Waals surface area contributed by atoms with Crippen molar-refractivity contribution in [3.8, 4) is 0 Å². The summed E-state index contributed by atoms with van der Waals surface area (Å²) >= 11 is 0. The number of carboxylic acids is 4. The Kier molecular flexibility index (Phi) is 8.71. The molecule has 0 rings (SSSR count). The van der Waals surface area contributed by atoms with Crippen LogP contribution in [0.3, 0.4) is 0 Å². The summed E-state index contributed by atoms with van der Waals surface area (Å²) in [4.78, 5) is 43.9. The summed E-state index contributed by atoms with van der Waals surface area (Å²) in [5.74, 6) is -4.39. The second-order valence-electron chi connectivity index (χ2n) is 5.29. The van der Waals surface area contributed by atoms with Crippen molar-refractivity contribution >= 4 is 31.3 Å². The third kappa shape index (κ3) is 7.38. The summed E-state index contributed by atoms with van der Waals surface area (Å²) in [6.07, 6.45) is -0.540. The molecule has 1 atom stereocenters. The maximum atomic E-state index is 11.2. The Morgan fingerprint density at radius 1 is 0.826 bits per heavy atom. The molecule has 0 heterocycles. The van der Waals surface area contributed by atoms with Crippen molar-refractivity contribution in [2.45, 2.75) is 32.2 Å². The highest BCUT2D eigenvalue weighted by atomic mass is 31.2. The van der Waals surface area contributed by atoms with E-state index in [2.05, 4.69) is 0 Å². The highest BCUT2D eigenvalue weighted by Crippen LogP contribution is 2.63. The zero-order chi connectivity index (χ0) is 18.2. The molecule has 0 amide bonds. The summed E-state index contributed by atoms with van der Waals surface area (Å²) in [6.45, 7) is 1.42. The maximum Gasteiger partial charge on any atom is 0.324 e. The van der Waals surface area contributed by atoms with Crippen molar-refractivity contribution in [3.05, 3.63) is 0 Å². The Bertz CT molecular complexity index is 421. The standard InChI is InChI=1S/C13H22NO8P/c1-9(13(21)22)14(2)23(6-3-10(15)16,7-4-11(17)18)8-5-12(19)20/h9H,3-8H2,1-2H3,(H3-,15,16,17,18,19,20,21,22)/p+1/t9-/m0/s1. The average molecular weight is 352 g/mol. The number of nitrogens with zero attached hydrogens (tertiary/aromatic N) is 1. The zero-order valence-corrected chi connectivity index (χ0v) is 14.0. The lowest BCUT2D eigenvalue weighted by Crippen LogP contribution is -2.39. The van der Waals surface area contributed by atoms with Crippen LogP contribution < -0.4 is 0 Å². The normalized spacial score (nSPS) is 12.8. The number of rotatable bonds is 12. The monoisotopic (exact) mass is 352 g/mol. The summed E-state index contributed by atoms with van der Waals surface area (Å²) in [5.41, 5.74) is 0. The van der Waals surface area contributed by atoms with Crippen molar-refractivity contribution in [2.24, 2.45) is 0 Å². The molecule has 0 aromatic carbocycles. The first-order chi connectivity index (χ1) is 10.5. The van der Waals surface area contributed by atoms with Gasteiger partial charge in [-0.2, -0.15) is 4.67 Å². The molecule has 0 aromatic heterocycles. The first-order valence-electron chi connectivity index (χ1n) is 6.99. The van der Waals surface area contributed by atoms with Gasteiger partial charge in [-0.25, -0.2) is 0 Å². The van der Waals surface area contributed by atoms with Crippen molar-refractivity contribution in [1.29, 1.82) is 0 Å². The third-order valence-corrected chi connectivity index (χ3v) is 8.67. The smallest absolute Gasteiger partial charge is 0.324 e. The highest BCUT2D eigenvalue weighted by molar-refractivity contribution is 7.73. The van der Waals surface area contributed by atoms with Gasteiger partial charge in [0.05, 0.1) is 45.2 Å². The van der Waals surface area contributed by atoms with Crippen molar-refractivity contribution in [2.75, 3.05) is 25.5 Å². The van der Waals surface area contributed by atoms with Gasteiger partial charge in [0.1, 0.15) is 6.04 Å². The van der Waals surface area contributed by atoms with Crippen LogP contribution in [0.25, 0.3) is 0 Å². The second kappa shape index (κ2) is 9.42. The lowest BCUT2D eigenvalue weighted by atomic mass is 10.4. The first kappa shape index (κ1) is 21.3. The molecule has 0 fully saturated rings. The lowest BCUT2D eigenvalue weighted by molar-refractivity contribution is -0.140. The second-order valence-corrected chi connectivity index (χ2v) is 9.45. The van der Waals surface area contributed by atoms with Crippen LogP contribution in [0.15, 0.2) is 0 Å². The van der Waals surface area contributed by atoms with E-state index in [9.17, 15) is 24.3 Å². The van der Waals surface area contributed by atoms with Gasteiger partial charge >= 0.3 is 23.9 Å². The van der Waals surface area contributed by atoms with E-state index in [1.165, 1.54) is 18.6 Å². The van der Waals surface area contributed by atoms with E-state index < -0.39 is 37.3 Å². The fourth-order valence-corrected chi connectivity index (χ4v) is 6.52. The number of carboxylic acid groups (broad SMARTS) is 4. The SMILES string of the molecule is C[C@@H](C(=O)O)N(C)[P+](CCC(=O)O)(CCC(=O)O)CCC(=O)O. The van der Waals surface area contributed by atoms with Gasteiger partial charge in [0.2, 0.25) is 0 Å². The van der Waals surface area contributed by atoms with Gasteiger partial charge in [0.15, 0.2) is 0 Å². The van der Waals surface area contributed by atoms with Gasteiger partial charge in [-0.3, -0.25) is 19.2 Å². The van der Waals surface area contributed by atoms with Crippen molar-refractivity contribution < 1.29 is 39.6 Å². The molecule has 0 unspecified atom stereocenters. The van der Waals surface area contributed by atoms with E-state index in [1.54, 1.807) is 0 Å². The topological polar surface area (TPSA) is 152 Å². The molecule has 0 saturated carbocycles. The number of hydrogen-bond donors (Lipinski definition) is 4. The van der Waals surface area contributed by atoms with Gasteiger partial charge < -0.3 is 20.4 Å². The maximum absolute atomic E-state index is 11.2. The summed E-state index contributed by atoms with van der Waals surface area (Å²) in [5, 5.41) is 35.9. The minimum atomic E-state index is -2.55. The molecule has 0 bridgehead atoms. The van der Waals surface area contributed by atoms with E-state index in [0.717, 1.165) is 0 Å². The zero-order valence-electron chi connectivity index (χ0n) is 13.1. The minimum Gasteiger partial charge on any atom is -0.481 e. The van der Waals surface area contributed by atoms with Crippen LogP contribution in [0.2, 0.25) is 0 Å². The van der Waals surface area contributed by atoms with Crippen molar-refractivity contribution in [1.82, 2.24) is 4.67 Å². The highest BCUT2D eigenvalue weighted by Gasteiger charge is 2.46. The molecular weight excluding hydrogens is 329 g/mol. The third-order valence-electron chi connectivity index (χ3n) is 3.81. The Morgan fingerprint density at radius 2 is 1.13 bits per heavy atom. The number of likely N-dealkylation sites (N-methyl/N-ethyl adjacent to an activating group) is 1. The van der Waals surface area contributed by atoms with Gasteiger partial charge in [-0.05, 0) is 6.92 Å². The van der Waals surface area contributed by atoms with E-state index in [-0.39, 0.29) is 37.7 Å². The van der Waals surface area contributed by atoms with Gasteiger partial charge in [-0.1, -0.05) is 0 Å². The Balaban J connectivity index is 5.56. The molecule has 0 aromatic rings. The van der Waals surface area contributed by atoms with Crippen LogP contribution in [0.4, 0.5) is 0 Å². The Labute approximate surface area is 134 Å². The van der Waals surface area contributed by atoms with Crippen molar-refractivity contribution in [3.63, 3.8) is 0 Å². The van der Waals surface area contributed by atoms with E-state index >= 15 is 0 Å². The van der Waals surface area contributed by atoms with Crippen LogP contribution >= 0.6 is 7.41 Å². The van der Waals surface area contributed by atoms with Gasteiger partial charge in [0, 0.05) is 7.05 Å². The lowest BCUT2D eigenvalue weighted by Gasteiger charge is -2.36. The van der Waals surface area contributed by atoms with Crippen LogP contribution in [0, 0.1) is 0 Å². The summed E-state index contributed by atoms with van der Waals surface area (Å²) in [6, 6.07) is -0.959. The average Bonchev–Trinajstić information content (AvgIpc) is 2.44. The number of hydrogen-bond acceptors (Lipinski definition) is 5. The number of carbonyl (C=O) groups is 4. The number of aliphatic carboxylic acids is 4. The fourth-order valence-electron chi connectivity index (χ4n) is 2.25. The molecule has 23 heavy (non-hydrogen) atoms. The molecule has 0 spiro atoms. The molecule has 9 nitrogen and oxygen atoms in total. The summed E-state index contributed by atoms with van der Waals surface area (Å²) in [7, 11) is -1.05. The van der Waals surface area contributed by atoms with Crippen LogP contribution in [-0.4, -0.2) is 80.5 Å². The van der Waals surface area contributed by atoms with E-state index in [4.69, 9.17) is 15.3 Å². The van der Waals surface area contributed by atoms with Crippen LogP contribution in [-0.2, 0) is 19.2 Å². The molecule has 0 aliphatic heterocycles. The minimum absolute atomic E-state index is 0.0804. The predicted molar refractivity (Wildman–Crippen MR) is 83.1 cm³/mol. The fraction of sp³-hybridized carbons (Fsp3) is 0.692. The largest absolute Gasteiger partial charge is 0.481 e. The molecule has 4 N–H and O–H groups in total. The predicted octanol–water partition coefficient (Wildman–Crippen LogP) is 0.748. The molecule has 132 valence electrons. The molecule has 10 heteroatoms. The molecule has 0 aliphatic carbocycles. The molecule has 0 aliphatic rings. The Morgan fingerprint density at radius 3 is 1.35 bits per heavy atom. The summed E-state index contributed by atoms with van der Waals surface area (Å²) < 4.78 is 1.49. The molecule has 0 radical (unpaired) electrons. The van der Waals surface area contributed by atoms with Crippen LogP contribution in [0.1, 0.15) is 26.2 Å². The molecular formula is C13H23NO8P+. The molecule has 0 saturated heterocycles. The first-order valence-corrected chi connectivity index (χ1v) is 9.29. The quantitative estimate of drug-likeness (QED) is 0.373. The van der Waals surface area contributed by atoms with Crippen LogP contribution in [0.5, 0.6) is 0 Å². The van der Waals surface area contributed by atoms with E-state index in [1.807, 2.05) is 0 Å². The Hall–Kier alpha value is -1.73. The van der Waals surface area contributed by atoms with Gasteiger partial charge in [-0.15, -0.1) is 0 Å².